The van der Waals surface area contributed by atoms with E-state index < -0.39 is 0 Å². The first-order chi connectivity index (χ1) is 11.3. The van der Waals surface area contributed by atoms with Crippen LogP contribution in [0.4, 0.5) is 0 Å². The second-order valence-corrected chi connectivity index (χ2v) is 5.80. The summed E-state index contributed by atoms with van der Waals surface area (Å²) in [6.45, 7) is 2.62. The molecular weight excluding hydrogens is 288 g/mol. The first kappa shape index (κ1) is 15.7. The lowest BCUT2D eigenvalue weighted by Gasteiger charge is -2.27. The van der Waals surface area contributed by atoms with Crippen LogP contribution in [-0.2, 0) is 4.79 Å². The molecule has 0 radical (unpaired) electrons. The summed E-state index contributed by atoms with van der Waals surface area (Å²) >= 11 is 0. The summed E-state index contributed by atoms with van der Waals surface area (Å²) in [6.07, 6.45) is 0. The fourth-order valence-corrected chi connectivity index (χ4v) is 3.00. The number of carbonyl (C=O) groups is 1. The van der Waals surface area contributed by atoms with E-state index in [2.05, 4.69) is 52.9 Å². The molecule has 1 aliphatic rings. The van der Waals surface area contributed by atoms with Gasteiger partial charge in [-0.3, -0.25) is 4.79 Å². The highest BCUT2D eigenvalue weighted by atomic mass is 16.2. The van der Waals surface area contributed by atoms with Gasteiger partial charge in [0.25, 0.3) is 0 Å². The minimum atomic E-state index is -0.260. The Balaban J connectivity index is 1.81. The van der Waals surface area contributed by atoms with Gasteiger partial charge in [-0.25, -0.2) is 10.9 Å². The van der Waals surface area contributed by atoms with Gasteiger partial charge in [0.1, 0.15) is 6.04 Å². The largest absolute Gasteiger partial charge is 0.351 e. The molecule has 1 aliphatic heterocycles. The topological polar surface area (TPSA) is 65.2 Å². The number of hydrazine groups is 2. The molecule has 5 heteroatoms. The van der Waals surface area contributed by atoms with Crippen LogP contribution >= 0.6 is 0 Å². The second-order valence-electron chi connectivity index (χ2n) is 5.80. The van der Waals surface area contributed by atoms with Crippen LogP contribution in [0.15, 0.2) is 60.7 Å². The molecule has 1 saturated heterocycles. The van der Waals surface area contributed by atoms with Gasteiger partial charge in [0.2, 0.25) is 5.91 Å². The van der Waals surface area contributed by atoms with E-state index in [1.54, 1.807) is 0 Å². The Kier molecular flexibility index (Phi) is 5.02. The summed E-state index contributed by atoms with van der Waals surface area (Å²) in [5, 5.41) is 3.14. The van der Waals surface area contributed by atoms with E-state index in [9.17, 15) is 4.79 Å². The van der Waals surface area contributed by atoms with Crippen molar-refractivity contribution in [3.8, 4) is 0 Å². The van der Waals surface area contributed by atoms with Gasteiger partial charge in [-0.1, -0.05) is 60.7 Å². The molecule has 0 spiro atoms. The molecule has 1 fully saturated rings. The van der Waals surface area contributed by atoms with Crippen molar-refractivity contribution < 1.29 is 4.79 Å². The zero-order chi connectivity index (χ0) is 16.1. The quantitative estimate of drug-likeness (QED) is 0.672. The van der Waals surface area contributed by atoms with Crippen LogP contribution in [0, 0.1) is 0 Å². The average molecular weight is 310 g/mol. The number of rotatable bonds is 5. The van der Waals surface area contributed by atoms with Gasteiger partial charge < -0.3 is 5.32 Å². The second kappa shape index (κ2) is 7.37. The minimum absolute atomic E-state index is 0.00753. The smallest absolute Gasteiger partial charge is 0.240 e. The van der Waals surface area contributed by atoms with Crippen molar-refractivity contribution in [2.45, 2.75) is 24.9 Å². The zero-order valence-electron chi connectivity index (χ0n) is 13.1. The monoisotopic (exact) mass is 310 g/mol. The SMILES string of the molecule is CC(NC(=O)C1CNNN1)C(c1ccccc1)c1ccccc1. The van der Waals surface area contributed by atoms with Crippen molar-refractivity contribution in [3.05, 3.63) is 71.8 Å². The van der Waals surface area contributed by atoms with Crippen LogP contribution in [0.1, 0.15) is 24.0 Å². The van der Waals surface area contributed by atoms with Crippen LogP contribution in [0.5, 0.6) is 0 Å². The zero-order valence-corrected chi connectivity index (χ0v) is 13.1. The van der Waals surface area contributed by atoms with Gasteiger partial charge in [-0.05, 0) is 18.1 Å². The van der Waals surface area contributed by atoms with Crippen LogP contribution in [0.2, 0.25) is 0 Å². The molecule has 1 heterocycles. The summed E-state index contributed by atoms with van der Waals surface area (Å²) in [6, 6.07) is 20.3. The number of carbonyl (C=O) groups excluding carboxylic acids is 1. The fourth-order valence-electron chi connectivity index (χ4n) is 3.00. The highest BCUT2D eigenvalue weighted by Gasteiger charge is 2.27. The average Bonchev–Trinajstić information content (AvgIpc) is 3.12. The van der Waals surface area contributed by atoms with Crippen molar-refractivity contribution in [1.82, 2.24) is 21.7 Å². The Morgan fingerprint density at radius 2 is 1.61 bits per heavy atom. The van der Waals surface area contributed by atoms with E-state index in [-0.39, 0.29) is 23.9 Å². The number of nitrogens with one attached hydrogen (secondary N) is 4. The summed E-state index contributed by atoms with van der Waals surface area (Å²) in [7, 11) is 0. The van der Waals surface area contributed by atoms with Crippen LogP contribution in [0.25, 0.3) is 0 Å². The van der Waals surface area contributed by atoms with E-state index in [0.29, 0.717) is 6.54 Å². The summed E-state index contributed by atoms with van der Waals surface area (Å²) in [5.74, 6) is 0.107. The van der Waals surface area contributed by atoms with Crippen LogP contribution in [-0.4, -0.2) is 24.5 Å². The maximum absolute atomic E-state index is 12.4. The molecule has 0 aliphatic carbocycles. The third-order valence-corrected chi connectivity index (χ3v) is 4.14. The number of benzene rings is 2. The van der Waals surface area contributed by atoms with Crippen molar-refractivity contribution in [2.24, 2.45) is 0 Å². The van der Waals surface area contributed by atoms with Gasteiger partial charge in [-0.15, -0.1) is 0 Å². The molecule has 2 aromatic rings. The van der Waals surface area contributed by atoms with Gasteiger partial charge in [0, 0.05) is 18.5 Å². The van der Waals surface area contributed by atoms with E-state index in [0.717, 1.165) is 0 Å². The van der Waals surface area contributed by atoms with Crippen molar-refractivity contribution >= 4 is 5.91 Å². The minimum Gasteiger partial charge on any atom is -0.351 e. The predicted octanol–water partition coefficient (Wildman–Crippen LogP) is 1.30. The highest BCUT2D eigenvalue weighted by molar-refractivity contribution is 5.82. The van der Waals surface area contributed by atoms with Gasteiger partial charge >= 0.3 is 0 Å². The molecule has 0 saturated carbocycles. The standard InChI is InChI=1S/C18H22N4O/c1-13(20-18(23)16-12-19-22-21-16)17(14-8-4-2-5-9-14)15-10-6-3-7-11-15/h2-11,13,16-17,19,21-22H,12H2,1H3,(H,20,23). The Morgan fingerprint density at radius 1 is 1.04 bits per heavy atom. The molecule has 0 aromatic heterocycles. The van der Waals surface area contributed by atoms with Crippen molar-refractivity contribution in [3.63, 3.8) is 0 Å². The van der Waals surface area contributed by atoms with E-state index in [1.807, 2.05) is 36.4 Å². The lowest BCUT2D eigenvalue weighted by molar-refractivity contribution is -0.123. The normalized spacial score (nSPS) is 18.8. The molecule has 120 valence electrons. The Hall–Kier alpha value is -2.21. The Labute approximate surface area is 136 Å². The third kappa shape index (κ3) is 3.76. The summed E-state index contributed by atoms with van der Waals surface area (Å²) in [4.78, 5) is 12.4. The van der Waals surface area contributed by atoms with Gasteiger partial charge in [-0.2, -0.15) is 5.53 Å². The first-order valence-electron chi connectivity index (χ1n) is 7.89. The molecular formula is C18H22N4O. The Bertz CT molecular complexity index is 586. The van der Waals surface area contributed by atoms with Crippen molar-refractivity contribution in [2.75, 3.05) is 6.54 Å². The van der Waals surface area contributed by atoms with Crippen LogP contribution < -0.4 is 21.7 Å². The molecule has 2 unspecified atom stereocenters. The van der Waals surface area contributed by atoms with E-state index >= 15 is 0 Å². The molecule has 23 heavy (non-hydrogen) atoms. The molecule has 5 nitrogen and oxygen atoms in total. The lowest BCUT2D eigenvalue weighted by atomic mass is 9.85. The van der Waals surface area contributed by atoms with Gasteiger partial charge in [0.15, 0.2) is 0 Å². The molecule has 3 rings (SSSR count). The van der Waals surface area contributed by atoms with E-state index in [4.69, 9.17) is 0 Å². The van der Waals surface area contributed by atoms with Crippen molar-refractivity contribution in [1.29, 1.82) is 0 Å². The Morgan fingerprint density at radius 3 is 2.09 bits per heavy atom. The molecule has 2 atom stereocenters. The highest BCUT2D eigenvalue weighted by Crippen LogP contribution is 2.27. The maximum atomic E-state index is 12.4. The number of amides is 1. The summed E-state index contributed by atoms with van der Waals surface area (Å²) < 4.78 is 0. The lowest BCUT2D eigenvalue weighted by Crippen LogP contribution is -2.48. The molecule has 2 aromatic carbocycles. The number of hydrogen-bond acceptors (Lipinski definition) is 4. The maximum Gasteiger partial charge on any atom is 0.240 e. The molecule has 0 bridgehead atoms. The molecule has 1 amide bonds. The predicted molar refractivity (Wildman–Crippen MR) is 90.4 cm³/mol. The fraction of sp³-hybridized carbons (Fsp3) is 0.278. The van der Waals surface area contributed by atoms with Gasteiger partial charge in [0.05, 0.1) is 0 Å². The summed E-state index contributed by atoms with van der Waals surface area (Å²) in [5.41, 5.74) is 11.0. The third-order valence-electron chi connectivity index (χ3n) is 4.14. The first-order valence-corrected chi connectivity index (χ1v) is 7.89. The number of hydrogen-bond donors (Lipinski definition) is 4. The van der Waals surface area contributed by atoms with Crippen LogP contribution in [0.3, 0.4) is 0 Å². The molecule has 4 N–H and O–H groups in total. The van der Waals surface area contributed by atoms with E-state index in [1.165, 1.54) is 11.1 Å².